The van der Waals surface area contributed by atoms with Crippen molar-refractivity contribution in [3.05, 3.63) is 47.6 Å². The maximum atomic E-state index is 3.84. The van der Waals surface area contributed by atoms with Gasteiger partial charge >= 0.3 is 0 Å². The number of nitrogens with zero attached hydrogens (tertiary/aromatic N) is 1. The zero-order valence-corrected chi connectivity index (χ0v) is 12.1. The lowest BCUT2D eigenvalue weighted by molar-refractivity contribution is 0.337. The van der Waals surface area contributed by atoms with Gasteiger partial charge in [0.25, 0.3) is 0 Å². The van der Waals surface area contributed by atoms with E-state index in [4.69, 9.17) is 0 Å². The standard InChI is InChI=1S/C16H27N/c1-7-11-16(14(5)8-2)15(6)12-13-17(9-3)10-4/h7-8,11-12H,2,9-10,13H2,1,3-6H3/b11-7-,15-12+,16-14+. The molecule has 0 spiro atoms. The van der Waals surface area contributed by atoms with Gasteiger partial charge in [0, 0.05) is 6.54 Å². The van der Waals surface area contributed by atoms with Crippen LogP contribution in [0.15, 0.2) is 47.6 Å². The molecule has 17 heavy (non-hydrogen) atoms. The van der Waals surface area contributed by atoms with E-state index in [2.05, 4.69) is 57.4 Å². The van der Waals surface area contributed by atoms with E-state index >= 15 is 0 Å². The zero-order valence-electron chi connectivity index (χ0n) is 12.1. The number of hydrogen-bond donors (Lipinski definition) is 0. The molecule has 0 N–H and O–H groups in total. The van der Waals surface area contributed by atoms with Crippen LogP contribution >= 0.6 is 0 Å². The fraction of sp³-hybridized carbons (Fsp3) is 0.500. The van der Waals surface area contributed by atoms with E-state index in [1.54, 1.807) is 0 Å². The van der Waals surface area contributed by atoms with E-state index in [1.807, 2.05) is 13.0 Å². The van der Waals surface area contributed by atoms with Crippen molar-refractivity contribution in [1.29, 1.82) is 0 Å². The van der Waals surface area contributed by atoms with E-state index in [1.165, 1.54) is 16.7 Å². The molecule has 0 rings (SSSR count). The lowest BCUT2D eigenvalue weighted by Crippen LogP contribution is -2.22. The molecule has 1 heteroatoms. The van der Waals surface area contributed by atoms with Gasteiger partial charge in [0.2, 0.25) is 0 Å². The summed E-state index contributed by atoms with van der Waals surface area (Å²) < 4.78 is 0. The zero-order chi connectivity index (χ0) is 13.3. The summed E-state index contributed by atoms with van der Waals surface area (Å²) in [6.45, 7) is 17.8. The first-order valence-electron chi connectivity index (χ1n) is 6.46. The van der Waals surface area contributed by atoms with Crippen molar-refractivity contribution in [2.45, 2.75) is 34.6 Å². The van der Waals surface area contributed by atoms with Crippen LogP contribution in [0.4, 0.5) is 0 Å². The monoisotopic (exact) mass is 233 g/mol. The normalized spacial score (nSPS) is 14.4. The van der Waals surface area contributed by atoms with Gasteiger partial charge in [-0.05, 0) is 50.6 Å². The molecule has 0 aromatic carbocycles. The van der Waals surface area contributed by atoms with Gasteiger partial charge in [-0.25, -0.2) is 0 Å². The molecule has 0 unspecified atom stereocenters. The number of rotatable bonds is 7. The summed E-state index contributed by atoms with van der Waals surface area (Å²) in [4.78, 5) is 2.40. The molecule has 0 saturated heterocycles. The van der Waals surface area contributed by atoms with Gasteiger partial charge in [0.05, 0.1) is 0 Å². The molecule has 0 aliphatic rings. The Balaban J connectivity index is 4.91. The Morgan fingerprint density at radius 3 is 2.18 bits per heavy atom. The number of likely N-dealkylation sites (N-methyl/N-ethyl adjacent to an activating group) is 1. The smallest absolute Gasteiger partial charge is 0.0168 e. The minimum absolute atomic E-state index is 1.02. The van der Waals surface area contributed by atoms with Crippen molar-refractivity contribution in [2.75, 3.05) is 19.6 Å². The second kappa shape index (κ2) is 9.00. The maximum absolute atomic E-state index is 3.84. The third-order valence-electron chi connectivity index (χ3n) is 3.04. The molecule has 0 heterocycles. The average Bonchev–Trinajstić information content (AvgIpc) is 2.35. The van der Waals surface area contributed by atoms with Gasteiger partial charge in [-0.1, -0.05) is 44.7 Å². The van der Waals surface area contributed by atoms with Crippen LogP contribution in [-0.2, 0) is 0 Å². The van der Waals surface area contributed by atoms with E-state index in [-0.39, 0.29) is 0 Å². The predicted molar refractivity (Wildman–Crippen MR) is 79.3 cm³/mol. The van der Waals surface area contributed by atoms with Gasteiger partial charge in [-0.2, -0.15) is 0 Å². The Kier molecular flexibility index (Phi) is 8.43. The highest BCUT2D eigenvalue weighted by Crippen LogP contribution is 2.17. The van der Waals surface area contributed by atoms with Crippen molar-refractivity contribution in [2.24, 2.45) is 0 Å². The molecule has 0 aromatic rings. The molecular formula is C16H27N. The van der Waals surface area contributed by atoms with Gasteiger partial charge in [-0.15, -0.1) is 0 Å². The fourth-order valence-electron chi connectivity index (χ4n) is 1.71. The van der Waals surface area contributed by atoms with Crippen molar-refractivity contribution < 1.29 is 0 Å². The van der Waals surface area contributed by atoms with Crippen molar-refractivity contribution in [3.63, 3.8) is 0 Å². The van der Waals surface area contributed by atoms with Crippen LogP contribution in [0.3, 0.4) is 0 Å². The molecule has 0 amide bonds. The first-order chi connectivity index (χ1) is 8.10. The highest BCUT2D eigenvalue weighted by molar-refractivity contribution is 5.45. The summed E-state index contributed by atoms with van der Waals surface area (Å²) in [5.74, 6) is 0. The van der Waals surface area contributed by atoms with Crippen LogP contribution in [0, 0.1) is 0 Å². The SMILES string of the molecule is C=C/C(C)=C(\C=C/C)C(/C)=C/CN(CC)CC. The molecule has 0 aliphatic heterocycles. The maximum Gasteiger partial charge on any atom is 0.0168 e. The summed E-state index contributed by atoms with van der Waals surface area (Å²) in [5.41, 5.74) is 3.85. The highest BCUT2D eigenvalue weighted by atomic mass is 15.1. The van der Waals surface area contributed by atoms with Gasteiger partial charge in [-0.3, -0.25) is 0 Å². The largest absolute Gasteiger partial charge is 0.300 e. The van der Waals surface area contributed by atoms with Crippen molar-refractivity contribution in [3.8, 4) is 0 Å². The Hall–Kier alpha value is -1.08. The van der Waals surface area contributed by atoms with Crippen LogP contribution < -0.4 is 0 Å². The highest BCUT2D eigenvalue weighted by Gasteiger charge is 2.01. The summed E-state index contributed by atoms with van der Waals surface area (Å²) in [5, 5.41) is 0. The molecule has 0 bridgehead atoms. The first kappa shape index (κ1) is 15.9. The molecule has 0 radical (unpaired) electrons. The minimum atomic E-state index is 1.02. The Morgan fingerprint density at radius 1 is 1.18 bits per heavy atom. The van der Waals surface area contributed by atoms with E-state index in [0.29, 0.717) is 0 Å². The molecule has 0 aromatic heterocycles. The molecule has 1 nitrogen and oxygen atoms in total. The fourth-order valence-corrected chi connectivity index (χ4v) is 1.71. The van der Waals surface area contributed by atoms with E-state index < -0.39 is 0 Å². The summed E-state index contributed by atoms with van der Waals surface area (Å²) >= 11 is 0. The van der Waals surface area contributed by atoms with Gasteiger partial charge in [0.15, 0.2) is 0 Å². The topological polar surface area (TPSA) is 3.24 Å². The molecule has 0 atom stereocenters. The van der Waals surface area contributed by atoms with E-state index in [0.717, 1.165) is 19.6 Å². The second-order valence-electron chi connectivity index (χ2n) is 4.17. The molecule has 0 fully saturated rings. The molecule has 96 valence electrons. The molecular weight excluding hydrogens is 206 g/mol. The lowest BCUT2D eigenvalue weighted by atomic mass is 10.0. The van der Waals surface area contributed by atoms with Crippen LogP contribution in [0.5, 0.6) is 0 Å². The first-order valence-corrected chi connectivity index (χ1v) is 6.46. The summed E-state index contributed by atoms with van der Waals surface area (Å²) in [7, 11) is 0. The summed E-state index contributed by atoms with van der Waals surface area (Å²) in [6.07, 6.45) is 8.46. The summed E-state index contributed by atoms with van der Waals surface area (Å²) in [6, 6.07) is 0. The van der Waals surface area contributed by atoms with Crippen LogP contribution in [0.2, 0.25) is 0 Å². The third kappa shape index (κ3) is 5.69. The Morgan fingerprint density at radius 2 is 1.76 bits per heavy atom. The number of hydrogen-bond acceptors (Lipinski definition) is 1. The molecule has 0 saturated carbocycles. The van der Waals surface area contributed by atoms with Gasteiger partial charge < -0.3 is 4.90 Å². The quantitative estimate of drug-likeness (QED) is 0.591. The van der Waals surface area contributed by atoms with Crippen molar-refractivity contribution >= 4 is 0 Å². The van der Waals surface area contributed by atoms with Crippen LogP contribution in [0.25, 0.3) is 0 Å². The third-order valence-corrected chi connectivity index (χ3v) is 3.04. The van der Waals surface area contributed by atoms with Gasteiger partial charge in [0.1, 0.15) is 0 Å². The van der Waals surface area contributed by atoms with E-state index in [9.17, 15) is 0 Å². The molecule has 0 aliphatic carbocycles. The Bertz CT molecular complexity index is 314. The second-order valence-corrected chi connectivity index (χ2v) is 4.17. The minimum Gasteiger partial charge on any atom is -0.300 e. The van der Waals surface area contributed by atoms with Crippen LogP contribution in [0.1, 0.15) is 34.6 Å². The lowest BCUT2D eigenvalue weighted by Gasteiger charge is -2.16. The number of allylic oxidation sites excluding steroid dienone is 6. The Labute approximate surface area is 107 Å². The van der Waals surface area contributed by atoms with Crippen LogP contribution in [-0.4, -0.2) is 24.5 Å². The average molecular weight is 233 g/mol. The van der Waals surface area contributed by atoms with Crippen molar-refractivity contribution in [1.82, 2.24) is 4.90 Å². The predicted octanol–water partition coefficient (Wildman–Crippen LogP) is 4.35.